The lowest BCUT2D eigenvalue weighted by Crippen LogP contribution is -2.35. The zero-order valence-corrected chi connectivity index (χ0v) is 10.7. The standard InChI is InChI=1S/C16H16NO/c1-12-8-9-15-16(10-12)18-13(2)17(15)11-14-6-4-3-5-7-14/h3-10H,11H2,1-2H3/q+1. The van der Waals surface area contributed by atoms with E-state index in [4.69, 9.17) is 4.42 Å². The molecule has 0 aliphatic carbocycles. The number of oxazole rings is 1. The van der Waals surface area contributed by atoms with E-state index in [1.165, 1.54) is 11.1 Å². The van der Waals surface area contributed by atoms with Crippen molar-refractivity contribution in [2.45, 2.75) is 20.4 Å². The topological polar surface area (TPSA) is 17.0 Å². The van der Waals surface area contributed by atoms with Crippen LogP contribution in [0.15, 0.2) is 52.9 Å². The molecule has 18 heavy (non-hydrogen) atoms. The summed E-state index contributed by atoms with van der Waals surface area (Å²) in [4.78, 5) is 0. The van der Waals surface area contributed by atoms with Crippen molar-refractivity contribution in [1.29, 1.82) is 0 Å². The van der Waals surface area contributed by atoms with Gasteiger partial charge in [-0.25, -0.2) is 0 Å². The van der Waals surface area contributed by atoms with Crippen LogP contribution in [0.4, 0.5) is 0 Å². The average Bonchev–Trinajstić information content (AvgIpc) is 2.66. The second-order valence-corrected chi connectivity index (χ2v) is 4.66. The van der Waals surface area contributed by atoms with E-state index in [0.717, 1.165) is 23.5 Å². The van der Waals surface area contributed by atoms with Crippen molar-refractivity contribution in [3.8, 4) is 0 Å². The Hall–Kier alpha value is -2.09. The van der Waals surface area contributed by atoms with Crippen LogP contribution in [-0.2, 0) is 6.54 Å². The van der Waals surface area contributed by atoms with Gasteiger partial charge in [-0.15, -0.1) is 0 Å². The molecule has 2 nitrogen and oxygen atoms in total. The molecule has 0 amide bonds. The van der Waals surface area contributed by atoms with Crippen LogP contribution in [0.2, 0.25) is 0 Å². The van der Waals surface area contributed by atoms with E-state index in [0.29, 0.717) is 0 Å². The quantitative estimate of drug-likeness (QED) is 0.625. The van der Waals surface area contributed by atoms with Crippen molar-refractivity contribution in [3.63, 3.8) is 0 Å². The number of fused-ring (bicyclic) bond motifs is 1. The van der Waals surface area contributed by atoms with Crippen molar-refractivity contribution in [2.75, 3.05) is 0 Å². The van der Waals surface area contributed by atoms with Gasteiger partial charge in [0.1, 0.15) is 0 Å². The molecule has 2 aromatic carbocycles. The SMILES string of the molecule is Cc1ccc2c(c1)oc(C)[n+]2Cc1ccccc1. The highest BCUT2D eigenvalue weighted by molar-refractivity contribution is 5.69. The van der Waals surface area contributed by atoms with E-state index >= 15 is 0 Å². The van der Waals surface area contributed by atoms with Crippen LogP contribution >= 0.6 is 0 Å². The zero-order valence-electron chi connectivity index (χ0n) is 10.7. The maximum Gasteiger partial charge on any atom is 0.345 e. The Labute approximate surface area is 106 Å². The van der Waals surface area contributed by atoms with Gasteiger partial charge in [0.25, 0.3) is 5.52 Å². The monoisotopic (exact) mass is 238 g/mol. The number of nitrogens with zero attached hydrogens (tertiary/aromatic N) is 1. The number of aryl methyl sites for hydroxylation is 2. The van der Waals surface area contributed by atoms with Crippen LogP contribution in [0.1, 0.15) is 17.0 Å². The number of rotatable bonds is 2. The summed E-state index contributed by atoms with van der Waals surface area (Å²) in [6, 6.07) is 16.8. The Morgan fingerprint density at radius 2 is 1.78 bits per heavy atom. The maximum absolute atomic E-state index is 5.82. The lowest BCUT2D eigenvalue weighted by atomic mass is 10.2. The molecule has 0 spiro atoms. The Morgan fingerprint density at radius 3 is 2.56 bits per heavy atom. The molecule has 0 saturated carbocycles. The first-order valence-electron chi connectivity index (χ1n) is 6.17. The fraction of sp³-hybridized carbons (Fsp3) is 0.188. The molecular weight excluding hydrogens is 222 g/mol. The summed E-state index contributed by atoms with van der Waals surface area (Å²) in [7, 11) is 0. The van der Waals surface area contributed by atoms with Gasteiger partial charge in [0.05, 0.1) is 6.92 Å². The first-order chi connectivity index (χ1) is 8.74. The normalized spacial score (nSPS) is 11.0. The average molecular weight is 238 g/mol. The number of hydrogen-bond donors (Lipinski definition) is 0. The van der Waals surface area contributed by atoms with Gasteiger partial charge in [0, 0.05) is 11.6 Å². The van der Waals surface area contributed by atoms with Crippen LogP contribution < -0.4 is 4.57 Å². The highest BCUT2D eigenvalue weighted by atomic mass is 16.3. The molecule has 90 valence electrons. The summed E-state index contributed by atoms with van der Waals surface area (Å²) in [6.45, 7) is 4.94. The molecule has 0 aliphatic rings. The largest absolute Gasteiger partial charge is 0.402 e. The highest BCUT2D eigenvalue weighted by Crippen LogP contribution is 2.15. The van der Waals surface area contributed by atoms with E-state index in [-0.39, 0.29) is 0 Å². The first-order valence-corrected chi connectivity index (χ1v) is 6.17. The number of hydrogen-bond acceptors (Lipinski definition) is 1. The smallest absolute Gasteiger partial charge is 0.345 e. The minimum absolute atomic E-state index is 0.850. The van der Waals surface area contributed by atoms with E-state index in [9.17, 15) is 0 Å². The van der Waals surface area contributed by atoms with Gasteiger partial charge < -0.3 is 4.42 Å². The predicted octanol–water partition coefficient (Wildman–Crippen LogP) is 3.39. The number of aromatic nitrogens is 1. The van der Waals surface area contributed by atoms with Crippen LogP contribution in [-0.4, -0.2) is 0 Å². The minimum Gasteiger partial charge on any atom is -0.402 e. The van der Waals surface area contributed by atoms with Crippen LogP contribution in [0.3, 0.4) is 0 Å². The summed E-state index contributed by atoms with van der Waals surface area (Å²) >= 11 is 0. The minimum atomic E-state index is 0.850. The summed E-state index contributed by atoms with van der Waals surface area (Å²) < 4.78 is 8.03. The molecule has 0 unspecified atom stereocenters. The van der Waals surface area contributed by atoms with Crippen LogP contribution in [0, 0.1) is 13.8 Å². The third kappa shape index (κ3) is 1.90. The Morgan fingerprint density at radius 1 is 1.00 bits per heavy atom. The summed E-state index contributed by atoms with van der Waals surface area (Å²) in [5.74, 6) is 0.944. The Bertz CT molecular complexity index is 683. The van der Waals surface area contributed by atoms with Crippen molar-refractivity contribution >= 4 is 11.1 Å². The van der Waals surface area contributed by atoms with Gasteiger partial charge in [-0.2, -0.15) is 4.57 Å². The Balaban J connectivity index is 2.09. The fourth-order valence-corrected chi connectivity index (χ4v) is 2.27. The summed E-state index contributed by atoms with van der Waals surface area (Å²) in [6.07, 6.45) is 0. The molecule has 3 rings (SSSR count). The van der Waals surface area contributed by atoms with Crippen molar-refractivity contribution < 1.29 is 8.98 Å². The predicted molar refractivity (Wildman–Crippen MR) is 71.4 cm³/mol. The van der Waals surface area contributed by atoms with Gasteiger partial charge in [-0.05, 0) is 18.6 Å². The van der Waals surface area contributed by atoms with E-state index in [1.807, 2.05) is 13.0 Å². The van der Waals surface area contributed by atoms with Gasteiger partial charge in [0.2, 0.25) is 5.58 Å². The van der Waals surface area contributed by atoms with Crippen molar-refractivity contribution in [1.82, 2.24) is 0 Å². The molecule has 0 radical (unpaired) electrons. The second kappa shape index (κ2) is 4.30. The zero-order chi connectivity index (χ0) is 12.5. The van der Waals surface area contributed by atoms with E-state index < -0.39 is 0 Å². The molecule has 0 aliphatic heterocycles. The Kier molecular flexibility index (Phi) is 2.63. The van der Waals surface area contributed by atoms with E-state index in [2.05, 4.69) is 54.0 Å². The molecule has 0 saturated heterocycles. The highest BCUT2D eigenvalue weighted by Gasteiger charge is 2.18. The van der Waals surface area contributed by atoms with Crippen molar-refractivity contribution in [2.24, 2.45) is 0 Å². The van der Waals surface area contributed by atoms with Crippen LogP contribution in [0.5, 0.6) is 0 Å². The molecule has 1 heterocycles. The summed E-state index contributed by atoms with van der Waals surface area (Å²) in [5.41, 5.74) is 4.63. The lowest BCUT2D eigenvalue weighted by Gasteiger charge is -1.96. The molecule has 0 N–H and O–H groups in total. The molecular formula is C16H16NO+. The number of benzene rings is 2. The van der Waals surface area contributed by atoms with Gasteiger partial charge in [-0.3, -0.25) is 0 Å². The molecule has 3 aromatic rings. The third-order valence-corrected chi connectivity index (χ3v) is 3.23. The van der Waals surface area contributed by atoms with Gasteiger partial charge in [-0.1, -0.05) is 36.4 Å². The molecule has 0 fully saturated rings. The molecule has 1 aromatic heterocycles. The molecule has 0 bridgehead atoms. The fourth-order valence-electron chi connectivity index (χ4n) is 2.27. The van der Waals surface area contributed by atoms with E-state index in [1.54, 1.807) is 0 Å². The third-order valence-electron chi connectivity index (χ3n) is 3.23. The first kappa shape index (κ1) is 11.0. The molecule has 2 heteroatoms. The molecule has 0 atom stereocenters. The van der Waals surface area contributed by atoms with Gasteiger partial charge in [0.15, 0.2) is 6.54 Å². The second-order valence-electron chi connectivity index (χ2n) is 4.66. The van der Waals surface area contributed by atoms with Gasteiger partial charge >= 0.3 is 5.89 Å². The lowest BCUT2D eigenvalue weighted by molar-refractivity contribution is -0.674. The van der Waals surface area contributed by atoms with Crippen LogP contribution in [0.25, 0.3) is 11.1 Å². The maximum atomic E-state index is 5.82. The summed E-state index contributed by atoms with van der Waals surface area (Å²) in [5, 5.41) is 0. The van der Waals surface area contributed by atoms with Crippen molar-refractivity contribution in [3.05, 3.63) is 65.5 Å².